The van der Waals surface area contributed by atoms with Gasteiger partial charge in [-0.1, -0.05) is 82.1 Å². The predicted molar refractivity (Wildman–Crippen MR) is 192 cm³/mol. The van der Waals surface area contributed by atoms with Gasteiger partial charge >= 0.3 is 0 Å². The summed E-state index contributed by atoms with van der Waals surface area (Å²) >= 11 is 6.29. The fourth-order valence-corrected chi connectivity index (χ4v) is 4.00. The molecule has 5 N–H and O–H groups in total. The fourth-order valence-electron chi connectivity index (χ4n) is 3.72. The number of aromatic nitrogens is 2. The second kappa shape index (κ2) is 22.4. The summed E-state index contributed by atoms with van der Waals surface area (Å²) in [6.45, 7) is 14.9. The van der Waals surface area contributed by atoms with Crippen LogP contribution in [0, 0.1) is 18.3 Å². The predicted octanol–water partition coefficient (Wildman–Crippen LogP) is 8.47. The van der Waals surface area contributed by atoms with Crippen molar-refractivity contribution in [2.45, 2.75) is 61.3 Å². The molecular formula is C35H52ClN7O. The van der Waals surface area contributed by atoms with E-state index in [1.165, 1.54) is 23.9 Å². The van der Waals surface area contributed by atoms with Gasteiger partial charge in [0.2, 0.25) is 0 Å². The largest absolute Gasteiger partial charge is 0.398 e. The molecule has 0 spiro atoms. The molecule has 0 aliphatic carbocycles. The van der Waals surface area contributed by atoms with Crippen LogP contribution >= 0.6 is 11.6 Å². The van der Waals surface area contributed by atoms with Crippen molar-refractivity contribution < 1.29 is 4.79 Å². The molecule has 0 fully saturated rings. The first-order valence-corrected chi connectivity index (χ1v) is 15.3. The first-order chi connectivity index (χ1) is 21.1. The summed E-state index contributed by atoms with van der Waals surface area (Å²) in [6.07, 6.45) is 11.9. The van der Waals surface area contributed by atoms with Crippen LogP contribution in [-0.2, 0) is 7.05 Å². The number of halogens is 1. The van der Waals surface area contributed by atoms with Gasteiger partial charge in [-0.3, -0.25) is 14.5 Å². The van der Waals surface area contributed by atoms with E-state index in [1.54, 1.807) is 37.1 Å². The molecule has 9 heteroatoms. The van der Waals surface area contributed by atoms with Crippen LogP contribution in [0.4, 0.5) is 11.4 Å². The number of nitrogens with two attached hydrogens (primary N) is 1. The summed E-state index contributed by atoms with van der Waals surface area (Å²) in [5.41, 5.74) is 12.9. The average Bonchev–Trinajstić information content (AvgIpc) is 3.47. The number of nitrogens with one attached hydrogen (secondary N) is 3. The van der Waals surface area contributed by atoms with Crippen molar-refractivity contribution in [3.8, 4) is 0 Å². The highest BCUT2D eigenvalue weighted by atomic mass is 35.5. The minimum absolute atomic E-state index is 0.416. The van der Waals surface area contributed by atoms with E-state index < -0.39 is 0 Å². The standard InChI is InChI=1S/C16H17ClN4.C12H23N.C5H6N2O.C2H6/c1-10-5-3-4-6-11(10)16(20-2)21-14-8-7-13(19)12(9-18)15(14)17;1-6-8-12(13-5)9-11(4)10(3)7-2;1-7-3-5(4-8)2-6-7;1-2/h3-9,18H,19H2,1-2H3,(H,20,21);8-10,13H,6-7H2,1-5H3;2-4H,1H3;1-2H3/b;11-9+,12-8+;;. The Morgan fingerprint density at radius 2 is 1.86 bits per heavy atom. The van der Waals surface area contributed by atoms with Crippen LogP contribution in [0.25, 0.3) is 0 Å². The normalized spacial score (nSPS) is 11.8. The van der Waals surface area contributed by atoms with Crippen LogP contribution in [0.15, 0.2) is 77.2 Å². The van der Waals surface area contributed by atoms with Crippen molar-refractivity contribution in [3.63, 3.8) is 0 Å². The number of nitrogen functional groups attached to an aromatic ring is 1. The third kappa shape index (κ3) is 13.4. The number of hydrogen-bond donors (Lipinski definition) is 4. The van der Waals surface area contributed by atoms with Crippen molar-refractivity contribution in [1.82, 2.24) is 15.1 Å². The Morgan fingerprint density at radius 1 is 1.20 bits per heavy atom. The van der Waals surface area contributed by atoms with Gasteiger partial charge in [-0.05, 0) is 56.4 Å². The van der Waals surface area contributed by atoms with Crippen molar-refractivity contribution in [2.24, 2.45) is 18.0 Å². The first-order valence-electron chi connectivity index (χ1n) is 14.9. The topological polar surface area (TPSA) is 121 Å². The second-order valence-corrected chi connectivity index (χ2v) is 10.0. The van der Waals surface area contributed by atoms with E-state index in [0.29, 0.717) is 33.4 Å². The lowest BCUT2D eigenvalue weighted by Crippen LogP contribution is -2.15. The summed E-state index contributed by atoms with van der Waals surface area (Å²) in [5.74, 6) is 1.41. The highest BCUT2D eigenvalue weighted by molar-refractivity contribution is 6.37. The number of aryl methyl sites for hydroxylation is 2. The maximum Gasteiger partial charge on any atom is 0.153 e. The Hall–Kier alpha value is -4.17. The average molecular weight is 622 g/mol. The molecule has 44 heavy (non-hydrogen) atoms. The van der Waals surface area contributed by atoms with E-state index in [9.17, 15) is 4.79 Å². The summed E-state index contributed by atoms with van der Waals surface area (Å²) in [7, 11) is 5.46. The first kappa shape index (κ1) is 39.8. The molecule has 8 nitrogen and oxygen atoms in total. The van der Waals surface area contributed by atoms with Crippen molar-refractivity contribution >= 4 is 41.3 Å². The van der Waals surface area contributed by atoms with Gasteiger partial charge in [-0.15, -0.1) is 0 Å². The molecule has 1 unspecified atom stereocenters. The third-order valence-corrected chi connectivity index (χ3v) is 6.99. The molecule has 0 aliphatic rings. The Kier molecular flexibility index (Phi) is 20.3. The van der Waals surface area contributed by atoms with E-state index in [0.717, 1.165) is 35.9 Å². The number of likely N-dealkylation sites (N-methyl/N-ethyl adjacent to an activating group) is 1. The van der Waals surface area contributed by atoms with Crippen LogP contribution in [0.3, 0.4) is 0 Å². The number of amidine groups is 1. The zero-order valence-electron chi connectivity index (χ0n) is 28.1. The molecule has 1 atom stereocenters. The maximum absolute atomic E-state index is 9.97. The molecule has 0 radical (unpaired) electrons. The van der Waals surface area contributed by atoms with Gasteiger partial charge in [0, 0.05) is 56.1 Å². The zero-order valence-corrected chi connectivity index (χ0v) is 28.9. The van der Waals surface area contributed by atoms with Gasteiger partial charge < -0.3 is 21.8 Å². The minimum atomic E-state index is 0.416. The Bertz CT molecular complexity index is 1390. The summed E-state index contributed by atoms with van der Waals surface area (Å²) in [6, 6.07) is 11.5. The number of rotatable bonds is 9. The minimum Gasteiger partial charge on any atom is -0.398 e. The lowest BCUT2D eigenvalue weighted by atomic mass is 9.99. The molecule has 1 aromatic heterocycles. The van der Waals surface area contributed by atoms with E-state index in [1.807, 2.05) is 52.1 Å². The highest BCUT2D eigenvalue weighted by Crippen LogP contribution is 2.29. The molecule has 3 aromatic rings. The van der Waals surface area contributed by atoms with E-state index in [2.05, 4.69) is 60.6 Å². The molecule has 0 amide bonds. The van der Waals surface area contributed by atoms with Crippen LogP contribution in [-0.4, -0.2) is 42.2 Å². The van der Waals surface area contributed by atoms with E-state index >= 15 is 0 Å². The van der Waals surface area contributed by atoms with E-state index in [4.69, 9.17) is 22.7 Å². The fraction of sp³-hybridized carbons (Fsp3) is 0.371. The number of nitrogens with zero attached hydrogens (tertiary/aromatic N) is 3. The highest BCUT2D eigenvalue weighted by Gasteiger charge is 2.12. The molecule has 3 rings (SSSR count). The van der Waals surface area contributed by atoms with Gasteiger partial charge in [-0.25, -0.2) is 0 Å². The molecule has 0 saturated heterocycles. The molecular weight excluding hydrogens is 570 g/mol. The number of hydrogen-bond acceptors (Lipinski definition) is 6. The van der Waals surface area contributed by atoms with Crippen LogP contribution in [0.2, 0.25) is 5.02 Å². The number of carbonyl (C=O) groups is 1. The van der Waals surface area contributed by atoms with Gasteiger partial charge in [0.05, 0.1) is 22.5 Å². The molecule has 2 aromatic carbocycles. The number of anilines is 2. The van der Waals surface area contributed by atoms with Crippen LogP contribution < -0.4 is 16.4 Å². The summed E-state index contributed by atoms with van der Waals surface area (Å²) in [4.78, 5) is 14.3. The molecule has 0 bridgehead atoms. The van der Waals surface area contributed by atoms with Crippen molar-refractivity contribution in [3.05, 3.63) is 99.5 Å². The SMILES string of the molecule is CC.CC/C=C(\C=C(/C)C(C)CC)NC.CN=C(Nc1ccc(N)c(C=N)c1Cl)c1ccccc1C.Cn1cc(C=O)cn1. The Labute approximate surface area is 270 Å². The number of benzene rings is 2. The zero-order chi connectivity index (χ0) is 33.7. The Balaban J connectivity index is 0.000000684. The number of allylic oxidation sites excluding steroid dienone is 3. The van der Waals surface area contributed by atoms with Crippen LogP contribution in [0.1, 0.15) is 81.4 Å². The lowest BCUT2D eigenvalue weighted by molar-refractivity contribution is 0.112. The lowest BCUT2D eigenvalue weighted by Gasteiger charge is -2.15. The smallest absolute Gasteiger partial charge is 0.153 e. The molecule has 0 aliphatic heterocycles. The summed E-state index contributed by atoms with van der Waals surface area (Å²) in [5, 5.41) is 18.0. The third-order valence-electron chi connectivity index (χ3n) is 6.58. The second-order valence-electron chi connectivity index (χ2n) is 9.67. The van der Waals surface area contributed by atoms with Gasteiger partial charge in [0.1, 0.15) is 5.84 Å². The van der Waals surface area contributed by atoms with Crippen LogP contribution in [0.5, 0.6) is 0 Å². The molecule has 1 heterocycles. The Morgan fingerprint density at radius 3 is 2.32 bits per heavy atom. The van der Waals surface area contributed by atoms with Gasteiger partial charge in [0.15, 0.2) is 6.29 Å². The quantitative estimate of drug-likeness (QED) is 0.0628. The maximum atomic E-state index is 9.97. The van der Waals surface area contributed by atoms with Crippen molar-refractivity contribution in [1.29, 1.82) is 5.41 Å². The molecule has 240 valence electrons. The van der Waals surface area contributed by atoms with E-state index in [-0.39, 0.29) is 0 Å². The number of aldehydes is 1. The van der Waals surface area contributed by atoms with Gasteiger partial charge in [0.25, 0.3) is 0 Å². The summed E-state index contributed by atoms with van der Waals surface area (Å²) < 4.78 is 1.59. The number of carbonyl (C=O) groups excluding carboxylic acids is 1. The number of aliphatic imine (C=N–C) groups is 1. The monoisotopic (exact) mass is 621 g/mol. The molecule has 0 saturated carbocycles. The van der Waals surface area contributed by atoms with Gasteiger partial charge in [-0.2, -0.15) is 5.10 Å². The van der Waals surface area contributed by atoms with Crippen molar-refractivity contribution in [2.75, 3.05) is 25.1 Å².